The summed E-state index contributed by atoms with van der Waals surface area (Å²) in [5, 5.41) is 10.5. The third-order valence-electron chi connectivity index (χ3n) is 4.98. The van der Waals surface area contributed by atoms with Crippen LogP contribution >= 0.6 is 0 Å². The Morgan fingerprint density at radius 1 is 1.17 bits per heavy atom. The average molecular weight is 429 g/mol. The number of benzene rings is 1. The van der Waals surface area contributed by atoms with E-state index in [1.54, 1.807) is 13.4 Å². The number of fused-ring (bicyclic) bond motifs is 1. The van der Waals surface area contributed by atoms with Crippen LogP contribution < -0.4 is 9.64 Å². The fourth-order valence-corrected chi connectivity index (χ4v) is 4.02. The lowest BCUT2D eigenvalue weighted by molar-refractivity contribution is 0.122. The number of hydrogen-bond donors (Lipinski definition) is 1. The van der Waals surface area contributed by atoms with Crippen LogP contribution in [0.15, 0.2) is 30.3 Å². The van der Waals surface area contributed by atoms with Gasteiger partial charge in [0.2, 0.25) is 0 Å². The van der Waals surface area contributed by atoms with E-state index in [0.29, 0.717) is 36.0 Å². The molecule has 1 N–H and O–H groups in total. The predicted octanol–water partition coefficient (Wildman–Crippen LogP) is 1.91. The zero-order valence-corrected chi connectivity index (χ0v) is 17.8. The molecule has 2 aromatic heterocycles. The summed E-state index contributed by atoms with van der Waals surface area (Å²) in [4.78, 5) is 16.2. The summed E-state index contributed by atoms with van der Waals surface area (Å²) in [5.41, 5.74) is 2.84. The Morgan fingerprint density at radius 2 is 1.97 bits per heavy atom. The van der Waals surface area contributed by atoms with Crippen molar-refractivity contribution in [2.24, 2.45) is 0 Å². The maximum absolute atomic E-state index is 11.8. The van der Waals surface area contributed by atoms with Gasteiger partial charge in [-0.2, -0.15) is 0 Å². The number of ether oxygens (including phenoxy) is 2. The van der Waals surface area contributed by atoms with Gasteiger partial charge in [0.05, 0.1) is 43.8 Å². The third kappa shape index (κ3) is 4.28. The van der Waals surface area contributed by atoms with Crippen molar-refractivity contribution in [3.05, 3.63) is 41.7 Å². The second-order valence-corrected chi connectivity index (χ2v) is 8.47. The summed E-state index contributed by atoms with van der Waals surface area (Å²) in [7, 11) is 0.515. The van der Waals surface area contributed by atoms with Crippen molar-refractivity contribution in [1.29, 1.82) is 0 Å². The number of aliphatic hydroxyl groups is 1. The van der Waals surface area contributed by atoms with Crippen LogP contribution in [-0.2, 0) is 27.9 Å². The first-order valence-corrected chi connectivity index (χ1v) is 11.4. The molecule has 158 valence electrons. The number of nitrogens with zero attached hydrogens (tertiary/aromatic N) is 4. The van der Waals surface area contributed by atoms with Crippen molar-refractivity contribution < 1.29 is 18.8 Å². The molecule has 0 bridgehead atoms. The van der Waals surface area contributed by atoms with E-state index in [1.807, 2.05) is 30.3 Å². The van der Waals surface area contributed by atoms with E-state index in [4.69, 9.17) is 19.4 Å². The van der Waals surface area contributed by atoms with Gasteiger partial charge >= 0.3 is 0 Å². The SMILES string of the molecule is COc1ccc(-c2ccc3c(N4CCOCC4)nc(CS(C)=O)nc3n2)cc1CO. The van der Waals surface area contributed by atoms with Crippen molar-refractivity contribution in [3.8, 4) is 17.0 Å². The highest BCUT2D eigenvalue weighted by Crippen LogP contribution is 2.29. The number of rotatable bonds is 6. The van der Waals surface area contributed by atoms with Crippen LogP contribution in [0.1, 0.15) is 11.4 Å². The molecule has 1 fully saturated rings. The van der Waals surface area contributed by atoms with Gasteiger partial charge in [0.25, 0.3) is 0 Å². The van der Waals surface area contributed by atoms with Crippen LogP contribution in [0.4, 0.5) is 5.82 Å². The Hall–Kier alpha value is -2.62. The van der Waals surface area contributed by atoms with Gasteiger partial charge in [0.1, 0.15) is 17.4 Å². The molecule has 4 rings (SSSR count). The fraction of sp³-hybridized carbons (Fsp3) is 0.381. The number of aliphatic hydroxyl groups excluding tert-OH is 1. The minimum Gasteiger partial charge on any atom is -0.496 e. The topological polar surface area (TPSA) is 97.7 Å². The first-order valence-electron chi connectivity index (χ1n) is 9.67. The smallest absolute Gasteiger partial charge is 0.165 e. The van der Waals surface area contributed by atoms with Gasteiger partial charge in [-0.25, -0.2) is 15.0 Å². The molecule has 1 aliphatic heterocycles. The Labute approximate surface area is 177 Å². The van der Waals surface area contributed by atoms with Crippen LogP contribution in [0, 0.1) is 0 Å². The van der Waals surface area contributed by atoms with Gasteiger partial charge in [0.15, 0.2) is 5.65 Å². The molecule has 0 amide bonds. The maximum atomic E-state index is 11.8. The molecular formula is C21H24N4O4S. The van der Waals surface area contributed by atoms with Crippen molar-refractivity contribution >= 4 is 27.7 Å². The largest absolute Gasteiger partial charge is 0.496 e. The molecular weight excluding hydrogens is 404 g/mol. The molecule has 0 radical (unpaired) electrons. The van der Waals surface area contributed by atoms with E-state index in [2.05, 4.69) is 9.88 Å². The van der Waals surface area contributed by atoms with Gasteiger partial charge in [0, 0.05) is 41.3 Å². The van der Waals surface area contributed by atoms with E-state index in [0.717, 1.165) is 35.6 Å². The molecule has 3 aromatic rings. The van der Waals surface area contributed by atoms with Crippen molar-refractivity contribution in [1.82, 2.24) is 15.0 Å². The Bertz CT molecular complexity index is 1090. The summed E-state index contributed by atoms with van der Waals surface area (Å²) in [6, 6.07) is 9.48. The zero-order chi connectivity index (χ0) is 21.1. The molecule has 0 saturated carbocycles. The second-order valence-electron chi connectivity index (χ2n) is 7.03. The lowest BCUT2D eigenvalue weighted by Crippen LogP contribution is -2.37. The quantitative estimate of drug-likeness (QED) is 0.636. The van der Waals surface area contributed by atoms with Crippen LogP contribution in [0.5, 0.6) is 5.75 Å². The number of aromatic nitrogens is 3. The van der Waals surface area contributed by atoms with E-state index in [1.165, 1.54) is 0 Å². The molecule has 1 unspecified atom stereocenters. The van der Waals surface area contributed by atoms with Gasteiger partial charge < -0.3 is 19.5 Å². The minimum atomic E-state index is -1.06. The second kappa shape index (κ2) is 9.03. The summed E-state index contributed by atoms with van der Waals surface area (Å²) in [6.07, 6.45) is 1.64. The molecule has 1 aromatic carbocycles. The highest BCUT2D eigenvalue weighted by Gasteiger charge is 2.19. The first-order chi connectivity index (χ1) is 14.6. The van der Waals surface area contributed by atoms with Crippen molar-refractivity contribution in [2.75, 3.05) is 44.6 Å². The molecule has 30 heavy (non-hydrogen) atoms. The Balaban J connectivity index is 1.82. The van der Waals surface area contributed by atoms with E-state index < -0.39 is 10.8 Å². The summed E-state index contributed by atoms with van der Waals surface area (Å²) in [5.74, 6) is 2.22. The monoisotopic (exact) mass is 428 g/mol. The maximum Gasteiger partial charge on any atom is 0.165 e. The average Bonchev–Trinajstić information content (AvgIpc) is 2.77. The fourth-order valence-electron chi connectivity index (χ4n) is 3.52. The highest BCUT2D eigenvalue weighted by molar-refractivity contribution is 7.83. The van der Waals surface area contributed by atoms with Crippen molar-refractivity contribution in [2.45, 2.75) is 12.4 Å². The Kier molecular flexibility index (Phi) is 6.21. The van der Waals surface area contributed by atoms with Crippen molar-refractivity contribution in [3.63, 3.8) is 0 Å². The van der Waals surface area contributed by atoms with Gasteiger partial charge in [-0.15, -0.1) is 0 Å². The van der Waals surface area contributed by atoms with Gasteiger partial charge in [-0.05, 0) is 30.3 Å². The lowest BCUT2D eigenvalue weighted by atomic mass is 10.1. The molecule has 1 atom stereocenters. The van der Waals surface area contributed by atoms with Crippen LogP contribution in [-0.4, -0.2) is 63.9 Å². The molecule has 8 nitrogen and oxygen atoms in total. The zero-order valence-electron chi connectivity index (χ0n) is 17.0. The van der Waals surface area contributed by atoms with Crippen LogP contribution in [0.3, 0.4) is 0 Å². The van der Waals surface area contributed by atoms with Gasteiger partial charge in [-0.1, -0.05) is 0 Å². The predicted molar refractivity (Wildman–Crippen MR) is 116 cm³/mol. The first kappa shape index (κ1) is 20.6. The molecule has 0 aliphatic carbocycles. The normalized spacial score (nSPS) is 15.4. The third-order valence-corrected chi connectivity index (χ3v) is 5.64. The lowest BCUT2D eigenvalue weighted by Gasteiger charge is -2.28. The standard InChI is InChI=1S/C21H24N4O4S/c1-28-18-6-3-14(11-15(18)12-26)17-5-4-16-20(22-17)23-19(13-30(2)27)24-21(16)25-7-9-29-10-8-25/h3-6,11,26H,7-10,12-13H2,1-2H3. The number of pyridine rings is 1. The summed E-state index contributed by atoms with van der Waals surface area (Å²) < 4.78 is 22.6. The van der Waals surface area contributed by atoms with E-state index >= 15 is 0 Å². The van der Waals surface area contributed by atoms with Crippen LogP contribution in [0.25, 0.3) is 22.3 Å². The molecule has 9 heteroatoms. The number of anilines is 1. The molecule has 0 spiro atoms. The summed E-state index contributed by atoms with van der Waals surface area (Å²) in [6.45, 7) is 2.63. The number of hydrogen-bond acceptors (Lipinski definition) is 8. The van der Waals surface area contributed by atoms with Crippen LogP contribution in [0.2, 0.25) is 0 Å². The van der Waals surface area contributed by atoms with E-state index in [-0.39, 0.29) is 12.4 Å². The Morgan fingerprint density at radius 3 is 2.67 bits per heavy atom. The molecule has 1 saturated heterocycles. The molecule has 3 heterocycles. The highest BCUT2D eigenvalue weighted by atomic mass is 32.2. The molecule has 1 aliphatic rings. The number of methoxy groups -OCH3 is 1. The minimum absolute atomic E-state index is 0.125. The van der Waals surface area contributed by atoms with E-state index in [9.17, 15) is 9.32 Å². The number of morpholine rings is 1. The van der Waals surface area contributed by atoms with Gasteiger partial charge in [-0.3, -0.25) is 4.21 Å². The summed E-state index contributed by atoms with van der Waals surface area (Å²) >= 11 is 0.